The Morgan fingerprint density at radius 1 is 1.00 bits per heavy atom. The average Bonchev–Trinajstić information content (AvgIpc) is 3.12. The van der Waals surface area contributed by atoms with Gasteiger partial charge in [-0.05, 0) is 18.6 Å². The molecular weight excluding hydrogens is 356 g/mol. The summed E-state index contributed by atoms with van der Waals surface area (Å²) in [5.74, 6) is 0.597. The molecule has 1 aliphatic heterocycles. The second-order valence-electron chi connectivity index (χ2n) is 7.17. The van der Waals surface area contributed by atoms with Crippen molar-refractivity contribution in [3.63, 3.8) is 0 Å². The Morgan fingerprint density at radius 2 is 1.74 bits per heavy atom. The maximum atomic E-state index is 13.1. The van der Waals surface area contributed by atoms with E-state index in [2.05, 4.69) is 36.6 Å². The van der Waals surface area contributed by atoms with Gasteiger partial charge in [0.25, 0.3) is 0 Å². The normalized spacial score (nSPS) is 17.4. The third kappa shape index (κ3) is 3.79. The lowest BCUT2D eigenvalue weighted by Gasteiger charge is -2.17. The topological polar surface area (TPSA) is 42.3 Å². The standard InChI is InChI=1S/C22H30N2O2S/c1-4-7-10-14-24-20(18-15-19(25)23(13-5-2)21(18)26)16-11-8-9-12-17(16)22(24)27-6-3/h8-9,11-12,18H,4-7,10,13-15H2,1-3H3. The van der Waals surface area contributed by atoms with Gasteiger partial charge >= 0.3 is 0 Å². The third-order valence-electron chi connectivity index (χ3n) is 5.26. The zero-order chi connectivity index (χ0) is 19.4. The summed E-state index contributed by atoms with van der Waals surface area (Å²) in [4.78, 5) is 27.0. The van der Waals surface area contributed by atoms with Crippen LogP contribution in [0.25, 0.3) is 10.8 Å². The van der Waals surface area contributed by atoms with E-state index in [4.69, 9.17) is 0 Å². The van der Waals surface area contributed by atoms with Gasteiger partial charge in [-0.1, -0.05) is 57.9 Å². The number of fused-ring (bicyclic) bond motifs is 1. The molecule has 1 fully saturated rings. The van der Waals surface area contributed by atoms with E-state index in [0.29, 0.717) is 13.0 Å². The molecule has 1 aromatic heterocycles. The number of hydrogen-bond donors (Lipinski definition) is 0. The summed E-state index contributed by atoms with van der Waals surface area (Å²) in [6, 6.07) is 8.36. The number of nitrogens with zero attached hydrogens (tertiary/aromatic N) is 2. The van der Waals surface area contributed by atoms with E-state index in [0.717, 1.165) is 42.6 Å². The molecule has 5 heteroatoms. The lowest BCUT2D eigenvalue weighted by molar-refractivity contribution is -0.138. The fraction of sp³-hybridized carbons (Fsp3) is 0.545. The van der Waals surface area contributed by atoms with Gasteiger partial charge in [0.2, 0.25) is 11.8 Å². The molecule has 0 spiro atoms. The van der Waals surface area contributed by atoms with E-state index >= 15 is 0 Å². The largest absolute Gasteiger partial charge is 0.338 e. The fourth-order valence-corrected chi connectivity index (χ4v) is 5.01. The number of carbonyl (C=O) groups excluding carboxylic acids is 2. The van der Waals surface area contributed by atoms with E-state index in [1.807, 2.05) is 24.8 Å². The van der Waals surface area contributed by atoms with Crippen LogP contribution in [0.1, 0.15) is 64.5 Å². The molecule has 0 aliphatic carbocycles. The number of likely N-dealkylation sites (tertiary alicyclic amines) is 1. The number of unbranched alkanes of at least 4 members (excludes halogenated alkanes) is 2. The molecule has 2 heterocycles. The molecule has 0 N–H and O–H groups in total. The molecule has 2 aromatic rings. The van der Waals surface area contributed by atoms with Crippen LogP contribution in [0, 0.1) is 0 Å². The van der Waals surface area contributed by atoms with Crippen molar-refractivity contribution in [3.8, 4) is 0 Å². The highest BCUT2D eigenvalue weighted by Crippen LogP contribution is 2.41. The first-order valence-corrected chi connectivity index (χ1v) is 11.2. The molecule has 0 radical (unpaired) electrons. The van der Waals surface area contributed by atoms with Crippen molar-refractivity contribution in [1.82, 2.24) is 9.47 Å². The van der Waals surface area contributed by atoms with Gasteiger partial charge in [0.1, 0.15) is 0 Å². The molecule has 1 unspecified atom stereocenters. The summed E-state index contributed by atoms with van der Waals surface area (Å²) in [5, 5.41) is 3.59. The van der Waals surface area contributed by atoms with Crippen LogP contribution >= 0.6 is 11.8 Å². The first kappa shape index (κ1) is 20.0. The van der Waals surface area contributed by atoms with E-state index < -0.39 is 0 Å². The highest BCUT2D eigenvalue weighted by Gasteiger charge is 2.41. The second kappa shape index (κ2) is 8.96. The molecule has 1 atom stereocenters. The van der Waals surface area contributed by atoms with Crippen LogP contribution in [0.15, 0.2) is 29.3 Å². The number of rotatable bonds is 9. The van der Waals surface area contributed by atoms with E-state index in [1.54, 1.807) is 0 Å². The maximum Gasteiger partial charge on any atom is 0.238 e. The number of carbonyl (C=O) groups is 2. The number of imide groups is 1. The van der Waals surface area contributed by atoms with Gasteiger partial charge in [-0.3, -0.25) is 14.5 Å². The zero-order valence-electron chi connectivity index (χ0n) is 16.7. The lowest BCUT2D eigenvalue weighted by Crippen LogP contribution is -2.31. The third-order valence-corrected chi connectivity index (χ3v) is 6.26. The van der Waals surface area contributed by atoms with Gasteiger partial charge in [0.15, 0.2) is 0 Å². The summed E-state index contributed by atoms with van der Waals surface area (Å²) < 4.78 is 2.35. The Bertz CT molecular complexity index is 827. The molecule has 1 saturated heterocycles. The van der Waals surface area contributed by atoms with Crippen LogP contribution in [0.4, 0.5) is 0 Å². The minimum atomic E-state index is -0.346. The van der Waals surface area contributed by atoms with Crippen LogP contribution in [0.2, 0.25) is 0 Å². The van der Waals surface area contributed by atoms with Crippen molar-refractivity contribution in [3.05, 3.63) is 30.0 Å². The SMILES string of the molecule is CCCCCn1c(SCC)c2ccccc2c1C1CC(=O)N(CCC)C1=O. The molecule has 1 aliphatic rings. The summed E-state index contributed by atoms with van der Waals surface area (Å²) in [6.45, 7) is 7.81. The first-order chi connectivity index (χ1) is 13.1. The Hall–Kier alpha value is -1.75. The average molecular weight is 387 g/mol. The molecule has 4 nitrogen and oxygen atoms in total. The molecule has 0 saturated carbocycles. The molecule has 3 rings (SSSR count). The summed E-state index contributed by atoms with van der Waals surface area (Å²) in [5.41, 5.74) is 1.05. The number of amides is 2. The zero-order valence-corrected chi connectivity index (χ0v) is 17.5. The van der Waals surface area contributed by atoms with Crippen molar-refractivity contribution in [2.75, 3.05) is 12.3 Å². The maximum absolute atomic E-state index is 13.1. The second-order valence-corrected chi connectivity index (χ2v) is 8.42. The monoisotopic (exact) mass is 386 g/mol. The number of aromatic nitrogens is 1. The highest BCUT2D eigenvalue weighted by atomic mass is 32.2. The van der Waals surface area contributed by atoms with E-state index in [9.17, 15) is 9.59 Å². The number of hydrogen-bond acceptors (Lipinski definition) is 3. The molecule has 1 aromatic carbocycles. The van der Waals surface area contributed by atoms with Gasteiger partial charge < -0.3 is 4.57 Å². The Labute approximate surface area is 166 Å². The molecule has 2 amide bonds. The summed E-state index contributed by atoms with van der Waals surface area (Å²) in [7, 11) is 0. The molecular formula is C22H30N2O2S. The van der Waals surface area contributed by atoms with Gasteiger partial charge in [-0.25, -0.2) is 0 Å². The summed E-state index contributed by atoms with van der Waals surface area (Å²) >= 11 is 1.84. The van der Waals surface area contributed by atoms with Crippen LogP contribution in [0.3, 0.4) is 0 Å². The minimum absolute atomic E-state index is 0.0186. The molecule has 146 valence electrons. The smallest absolute Gasteiger partial charge is 0.238 e. The predicted molar refractivity (Wildman–Crippen MR) is 112 cm³/mol. The minimum Gasteiger partial charge on any atom is -0.338 e. The van der Waals surface area contributed by atoms with Gasteiger partial charge in [-0.2, -0.15) is 0 Å². The van der Waals surface area contributed by atoms with Gasteiger partial charge in [0.05, 0.1) is 10.9 Å². The highest BCUT2D eigenvalue weighted by molar-refractivity contribution is 7.99. The summed E-state index contributed by atoms with van der Waals surface area (Å²) in [6.07, 6.45) is 4.53. The van der Waals surface area contributed by atoms with Gasteiger partial charge in [0, 0.05) is 36.0 Å². The van der Waals surface area contributed by atoms with Crippen molar-refractivity contribution in [2.24, 2.45) is 0 Å². The Kier molecular flexibility index (Phi) is 6.64. The van der Waals surface area contributed by atoms with Gasteiger partial charge in [-0.15, -0.1) is 11.8 Å². The van der Waals surface area contributed by atoms with Crippen LogP contribution in [0.5, 0.6) is 0 Å². The van der Waals surface area contributed by atoms with Crippen molar-refractivity contribution >= 4 is 34.3 Å². The van der Waals surface area contributed by atoms with Crippen molar-refractivity contribution in [1.29, 1.82) is 0 Å². The molecule has 27 heavy (non-hydrogen) atoms. The lowest BCUT2D eigenvalue weighted by atomic mass is 9.99. The van der Waals surface area contributed by atoms with Crippen LogP contribution in [-0.4, -0.2) is 33.6 Å². The van der Waals surface area contributed by atoms with E-state index in [-0.39, 0.29) is 17.7 Å². The number of thioether (sulfide) groups is 1. The van der Waals surface area contributed by atoms with E-state index in [1.165, 1.54) is 21.7 Å². The fourth-order valence-electron chi connectivity index (χ4n) is 4.06. The van der Waals surface area contributed by atoms with Crippen LogP contribution in [-0.2, 0) is 16.1 Å². The van der Waals surface area contributed by atoms with Crippen LogP contribution < -0.4 is 0 Å². The molecule has 0 bridgehead atoms. The predicted octanol–water partition coefficient (Wildman–Crippen LogP) is 5.20. The Balaban J connectivity index is 2.11. The number of benzene rings is 1. The van der Waals surface area contributed by atoms with Crippen molar-refractivity contribution < 1.29 is 9.59 Å². The van der Waals surface area contributed by atoms with Crippen molar-refractivity contribution in [2.45, 2.75) is 70.4 Å². The quantitative estimate of drug-likeness (QED) is 0.338. The first-order valence-electron chi connectivity index (χ1n) is 10.2. The Morgan fingerprint density at radius 3 is 2.41 bits per heavy atom.